The molecule has 0 aliphatic carbocycles. The number of carbonyl (C=O) groups excluding carboxylic acids is 2. The predicted molar refractivity (Wildman–Crippen MR) is 131 cm³/mol. The van der Waals surface area contributed by atoms with E-state index in [2.05, 4.69) is 5.32 Å². The van der Waals surface area contributed by atoms with Crippen LogP contribution in [0.2, 0.25) is 0 Å². The van der Waals surface area contributed by atoms with Crippen LogP contribution in [0, 0.1) is 11.7 Å². The van der Waals surface area contributed by atoms with Gasteiger partial charge in [-0.1, -0.05) is 32.0 Å². The van der Waals surface area contributed by atoms with Crippen molar-refractivity contribution in [3.63, 3.8) is 0 Å². The Labute approximate surface area is 205 Å². The number of nitrogens with one attached hydrogen (secondary N) is 1. The maximum Gasteiger partial charge on any atom is 0.287 e. The van der Waals surface area contributed by atoms with Crippen LogP contribution in [0.5, 0.6) is 5.75 Å². The first kappa shape index (κ1) is 24.5. The molecule has 4 rings (SSSR count). The zero-order chi connectivity index (χ0) is 25.1. The third-order valence-corrected chi connectivity index (χ3v) is 5.97. The molecule has 1 aliphatic heterocycles. The van der Waals surface area contributed by atoms with Crippen molar-refractivity contribution in [2.75, 3.05) is 6.54 Å². The lowest BCUT2D eigenvalue weighted by Crippen LogP contribution is -2.42. The molecule has 7 heteroatoms. The van der Waals surface area contributed by atoms with Crippen LogP contribution >= 0.6 is 0 Å². The average molecular weight is 479 g/mol. The number of fused-ring (bicyclic) bond motifs is 1. The lowest BCUT2D eigenvalue weighted by molar-refractivity contribution is -0.136. The fourth-order valence-electron chi connectivity index (χ4n) is 4.35. The molecule has 0 saturated heterocycles. The van der Waals surface area contributed by atoms with Crippen LogP contribution in [0.4, 0.5) is 4.39 Å². The van der Waals surface area contributed by atoms with Crippen molar-refractivity contribution in [1.29, 1.82) is 0 Å². The number of ether oxygens (including phenoxy) is 1. The summed E-state index contributed by atoms with van der Waals surface area (Å²) >= 11 is 0. The highest BCUT2D eigenvalue weighted by molar-refractivity contribution is 5.91. The van der Waals surface area contributed by atoms with Gasteiger partial charge < -0.3 is 19.4 Å². The van der Waals surface area contributed by atoms with Gasteiger partial charge in [-0.3, -0.25) is 9.59 Å². The van der Waals surface area contributed by atoms with E-state index in [0.29, 0.717) is 24.5 Å². The fourth-order valence-corrected chi connectivity index (χ4v) is 4.35. The molecule has 184 valence electrons. The molecule has 2 aromatic carbocycles. The molecule has 0 fully saturated rings. The molecule has 2 amide bonds. The average Bonchev–Trinajstić information content (AvgIpc) is 3.30. The fraction of sp³-hybridized carbons (Fsp3) is 0.357. The molecule has 1 N–H and O–H groups in total. The predicted octanol–water partition coefficient (Wildman–Crippen LogP) is 5.27. The van der Waals surface area contributed by atoms with Gasteiger partial charge in [-0.25, -0.2) is 4.39 Å². The summed E-state index contributed by atoms with van der Waals surface area (Å²) in [7, 11) is 0. The van der Waals surface area contributed by atoms with Gasteiger partial charge in [0.15, 0.2) is 5.76 Å². The molecule has 1 aromatic heterocycles. The number of rotatable bonds is 7. The van der Waals surface area contributed by atoms with Crippen molar-refractivity contribution in [3.05, 3.63) is 88.6 Å². The van der Waals surface area contributed by atoms with Crippen LogP contribution in [0.1, 0.15) is 66.7 Å². The molecule has 0 radical (unpaired) electrons. The topological polar surface area (TPSA) is 71.8 Å². The van der Waals surface area contributed by atoms with Crippen molar-refractivity contribution >= 4 is 11.8 Å². The molecule has 1 atom stereocenters. The molecule has 0 saturated carbocycles. The van der Waals surface area contributed by atoms with Crippen LogP contribution < -0.4 is 10.1 Å². The minimum atomic E-state index is -0.400. The Morgan fingerprint density at radius 3 is 2.63 bits per heavy atom. The van der Waals surface area contributed by atoms with Gasteiger partial charge in [0.2, 0.25) is 5.91 Å². The van der Waals surface area contributed by atoms with E-state index < -0.39 is 6.04 Å². The van der Waals surface area contributed by atoms with E-state index in [-0.39, 0.29) is 42.0 Å². The number of nitrogens with zero attached hydrogens (tertiary/aromatic N) is 1. The summed E-state index contributed by atoms with van der Waals surface area (Å²) in [4.78, 5) is 27.0. The standard InChI is InChI=1S/C28H31FN2O4/c1-17(2)28(33)31-13-12-19-8-9-22(15-24(19)26(31)20-6-5-7-21(29)14-20)34-16-23-10-11-25(35-23)27(32)30-18(3)4/h5-11,14-15,17-18,26H,12-13,16H2,1-4H3,(H,30,32)/t26-/m0/s1. The summed E-state index contributed by atoms with van der Waals surface area (Å²) in [6, 6.07) is 15.2. The van der Waals surface area contributed by atoms with E-state index >= 15 is 0 Å². The van der Waals surface area contributed by atoms with Crippen molar-refractivity contribution in [2.45, 2.75) is 52.8 Å². The zero-order valence-electron chi connectivity index (χ0n) is 20.5. The van der Waals surface area contributed by atoms with Crippen LogP contribution in [0.15, 0.2) is 59.0 Å². The number of amides is 2. The minimum absolute atomic E-state index is 0.0102. The summed E-state index contributed by atoms with van der Waals surface area (Å²) in [5.41, 5.74) is 2.75. The third-order valence-electron chi connectivity index (χ3n) is 5.97. The first-order valence-electron chi connectivity index (χ1n) is 11.9. The number of benzene rings is 2. The molecular formula is C28H31FN2O4. The van der Waals surface area contributed by atoms with E-state index in [4.69, 9.17) is 9.15 Å². The number of furan rings is 1. The summed E-state index contributed by atoms with van der Waals surface area (Å²) < 4.78 is 25.7. The van der Waals surface area contributed by atoms with Crippen LogP contribution in [-0.4, -0.2) is 29.3 Å². The first-order valence-corrected chi connectivity index (χ1v) is 11.9. The van der Waals surface area contributed by atoms with E-state index in [9.17, 15) is 14.0 Å². The Morgan fingerprint density at radius 1 is 1.11 bits per heavy atom. The second kappa shape index (κ2) is 10.3. The maximum atomic E-state index is 14.1. The minimum Gasteiger partial charge on any atom is -0.486 e. The van der Waals surface area contributed by atoms with E-state index in [1.807, 2.05) is 56.9 Å². The second-order valence-electron chi connectivity index (χ2n) is 9.44. The zero-order valence-corrected chi connectivity index (χ0v) is 20.5. The van der Waals surface area contributed by atoms with Crippen LogP contribution in [0.3, 0.4) is 0 Å². The smallest absolute Gasteiger partial charge is 0.287 e. The van der Waals surface area contributed by atoms with E-state index in [1.165, 1.54) is 12.1 Å². The monoisotopic (exact) mass is 478 g/mol. The Hall–Kier alpha value is -3.61. The van der Waals surface area contributed by atoms with Crippen molar-refractivity contribution in [2.24, 2.45) is 5.92 Å². The molecular weight excluding hydrogens is 447 g/mol. The normalized spacial score (nSPS) is 15.3. The van der Waals surface area contributed by atoms with Gasteiger partial charge in [0.25, 0.3) is 5.91 Å². The first-order chi connectivity index (χ1) is 16.7. The number of halogens is 1. The van der Waals surface area contributed by atoms with Crippen molar-refractivity contribution in [1.82, 2.24) is 10.2 Å². The summed E-state index contributed by atoms with van der Waals surface area (Å²) in [6.45, 7) is 8.23. The Morgan fingerprint density at radius 2 is 1.91 bits per heavy atom. The lowest BCUT2D eigenvalue weighted by Gasteiger charge is -2.39. The quantitative estimate of drug-likeness (QED) is 0.502. The van der Waals surface area contributed by atoms with Crippen molar-refractivity contribution < 1.29 is 23.1 Å². The molecule has 6 nitrogen and oxygen atoms in total. The highest BCUT2D eigenvalue weighted by Crippen LogP contribution is 2.38. The molecule has 0 unspecified atom stereocenters. The maximum absolute atomic E-state index is 14.1. The molecule has 3 aromatic rings. The number of hydrogen-bond donors (Lipinski definition) is 1. The van der Waals surface area contributed by atoms with Gasteiger partial charge in [0.05, 0.1) is 6.04 Å². The van der Waals surface area contributed by atoms with Gasteiger partial charge in [-0.2, -0.15) is 0 Å². The lowest BCUT2D eigenvalue weighted by atomic mass is 9.87. The van der Waals surface area contributed by atoms with Gasteiger partial charge >= 0.3 is 0 Å². The second-order valence-corrected chi connectivity index (χ2v) is 9.44. The third kappa shape index (κ3) is 5.56. The van der Waals surface area contributed by atoms with Crippen molar-refractivity contribution in [3.8, 4) is 5.75 Å². The SMILES string of the molecule is CC(C)NC(=O)c1ccc(COc2ccc3c(c2)[C@H](c2cccc(F)c2)N(C(=O)C(C)C)CC3)o1. The van der Waals surface area contributed by atoms with E-state index in [0.717, 1.165) is 16.7 Å². The molecule has 35 heavy (non-hydrogen) atoms. The Kier molecular flexibility index (Phi) is 7.24. The Bertz CT molecular complexity index is 1220. The van der Waals surface area contributed by atoms with Gasteiger partial charge in [-0.05, 0) is 73.4 Å². The summed E-state index contributed by atoms with van der Waals surface area (Å²) in [5.74, 6) is 0.606. The number of carbonyl (C=O) groups is 2. The number of hydrogen-bond acceptors (Lipinski definition) is 4. The molecule has 1 aliphatic rings. The highest BCUT2D eigenvalue weighted by Gasteiger charge is 2.33. The van der Waals surface area contributed by atoms with Gasteiger partial charge in [0, 0.05) is 18.5 Å². The summed E-state index contributed by atoms with van der Waals surface area (Å²) in [5, 5.41) is 2.79. The largest absolute Gasteiger partial charge is 0.486 e. The Balaban J connectivity index is 1.59. The van der Waals surface area contributed by atoms with Gasteiger partial charge in [-0.15, -0.1) is 0 Å². The summed E-state index contributed by atoms with van der Waals surface area (Å²) in [6.07, 6.45) is 0.715. The molecule has 0 bridgehead atoms. The highest BCUT2D eigenvalue weighted by atomic mass is 19.1. The van der Waals surface area contributed by atoms with Crippen LogP contribution in [-0.2, 0) is 17.8 Å². The van der Waals surface area contributed by atoms with E-state index in [1.54, 1.807) is 18.2 Å². The molecule has 0 spiro atoms. The van der Waals surface area contributed by atoms with Crippen LogP contribution in [0.25, 0.3) is 0 Å². The molecule has 2 heterocycles. The van der Waals surface area contributed by atoms with Gasteiger partial charge in [0.1, 0.15) is 23.9 Å².